The monoisotopic (exact) mass is 552 g/mol. The Balaban J connectivity index is 1.55. The van der Waals surface area contributed by atoms with Crippen LogP contribution in [0, 0.1) is 0 Å². The van der Waals surface area contributed by atoms with Gasteiger partial charge in [0.05, 0.1) is 0 Å². The maximum absolute atomic E-state index is 12.4. The number of hydrogen-bond acceptors (Lipinski definition) is 4. The molecule has 0 spiro atoms. The number of nitrogens with one attached hydrogen (secondary N) is 3. The molecule has 0 atom stereocenters. The second kappa shape index (κ2) is 14.2. The van der Waals surface area contributed by atoms with Crippen molar-refractivity contribution in [3.8, 4) is 11.5 Å². The molecule has 6 nitrogen and oxygen atoms in total. The molecule has 0 heterocycles. The molecule has 0 aliphatic rings. The summed E-state index contributed by atoms with van der Waals surface area (Å²) < 4.78 is 58.1. The molecule has 0 aliphatic heterocycles. The first-order valence-electron chi connectivity index (χ1n) is 11.0. The summed E-state index contributed by atoms with van der Waals surface area (Å²) in [5.41, 5.74) is 2.27. The summed E-state index contributed by atoms with van der Waals surface area (Å²) in [6.07, 6.45) is 0. The third kappa shape index (κ3) is 10.1. The molecular formula is C25H24F4N4O2S2. The second-order valence-corrected chi connectivity index (χ2v) is 8.32. The van der Waals surface area contributed by atoms with Crippen molar-refractivity contribution in [2.24, 2.45) is 0 Å². The minimum absolute atomic E-state index is 0.0492. The molecule has 3 aromatic rings. The van der Waals surface area contributed by atoms with Crippen LogP contribution in [0.5, 0.6) is 11.5 Å². The van der Waals surface area contributed by atoms with Crippen LogP contribution in [0.3, 0.4) is 0 Å². The van der Waals surface area contributed by atoms with Gasteiger partial charge in [0.2, 0.25) is 0 Å². The van der Waals surface area contributed by atoms with Crippen LogP contribution in [0.15, 0.2) is 78.9 Å². The summed E-state index contributed by atoms with van der Waals surface area (Å²) in [5.74, 6) is 0.0993. The summed E-state index contributed by atoms with van der Waals surface area (Å²) >= 11 is 10.9. The molecule has 3 N–H and O–H groups in total. The zero-order valence-corrected chi connectivity index (χ0v) is 21.0. The minimum Gasteiger partial charge on any atom is -0.435 e. The maximum Gasteiger partial charge on any atom is 0.387 e. The molecule has 0 saturated carbocycles. The van der Waals surface area contributed by atoms with Gasteiger partial charge >= 0.3 is 13.2 Å². The molecule has 196 valence electrons. The van der Waals surface area contributed by atoms with E-state index in [1.807, 2.05) is 35.2 Å². The summed E-state index contributed by atoms with van der Waals surface area (Å²) in [7, 11) is 0. The van der Waals surface area contributed by atoms with Crippen molar-refractivity contribution in [2.75, 3.05) is 23.7 Å². The van der Waals surface area contributed by atoms with Gasteiger partial charge in [-0.1, -0.05) is 30.3 Å². The van der Waals surface area contributed by atoms with E-state index >= 15 is 0 Å². The van der Waals surface area contributed by atoms with Crippen molar-refractivity contribution >= 4 is 46.0 Å². The first kappa shape index (κ1) is 27.9. The number of ether oxygens (including phenoxy) is 2. The zero-order chi connectivity index (χ0) is 26.6. The van der Waals surface area contributed by atoms with E-state index in [2.05, 4.69) is 25.4 Å². The van der Waals surface area contributed by atoms with E-state index in [9.17, 15) is 17.6 Å². The van der Waals surface area contributed by atoms with Crippen molar-refractivity contribution in [2.45, 2.75) is 19.8 Å². The van der Waals surface area contributed by atoms with Gasteiger partial charge in [-0.3, -0.25) is 0 Å². The van der Waals surface area contributed by atoms with E-state index in [0.29, 0.717) is 41.2 Å². The molecule has 3 rings (SSSR count). The summed E-state index contributed by atoms with van der Waals surface area (Å²) in [6.45, 7) is -4.34. The van der Waals surface area contributed by atoms with Gasteiger partial charge in [-0.15, -0.1) is 0 Å². The standard InChI is InChI=1S/C25H24F4N4O2S2/c26-22(27)34-20-10-6-18(7-11-20)31-24(36)30-14-15-33(16-17-4-2-1-3-5-17)25(37)32-19-8-12-21(13-9-19)35-23(28)29/h1-13,22-23H,14-16H2,(H,32,37)(H2,30,31,36). The third-order valence-corrected chi connectivity index (χ3v) is 5.45. The van der Waals surface area contributed by atoms with Gasteiger partial charge in [0.1, 0.15) is 11.5 Å². The molecule has 0 saturated heterocycles. The third-order valence-electron chi connectivity index (χ3n) is 4.84. The Bertz CT molecular complexity index is 1140. The van der Waals surface area contributed by atoms with E-state index < -0.39 is 13.2 Å². The molecule has 0 radical (unpaired) electrons. The van der Waals surface area contributed by atoms with Crippen molar-refractivity contribution in [1.82, 2.24) is 10.2 Å². The highest BCUT2D eigenvalue weighted by Crippen LogP contribution is 2.19. The Kier molecular flexibility index (Phi) is 10.7. The average molecular weight is 553 g/mol. The van der Waals surface area contributed by atoms with Crippen LogP contribution in [-0.2, 0) is 6.54 Å². The minimum atomic E-state index is -2.90. The molecule has 0 amide bonds. The van der Waals surface area contributed by atoms with E-state index in [0.717, 1.165) is 5.56 Å². The molecule has 3 aromatic carbocycles. The van der Waals surface area contributed by atoms with Crippen molar-refractivity contribution < 1.29 is 27.0 Å². The van der Waals surface area contributed by atoms with E-state index in [4.69, 9.17) is 24.4 Å². The highest BCUT2D eigenvalue weighted by molar-refractivity contribution is 7.80. The number of rotatable bonds is 11. The summed E-state index contributed by atoms with van der Waals surface area (Å²) in [4.78, 5) is 1.93. The van der Waals surface area contributed by atoms with Gasteiger partial charge in [0.25, 0.3) is 0 Å². The van der Waals surface area contributed by atoms with E-state index in [1.54, 1.807) is 24.3 Å². The highest BCUT2D eigenvalue weighted by atomic mass is 32.1. The number of anilines is 2. The fourth-order valence-electron chi connectivity index (χ4n) is 3.18. The first-order valence-corrected chi connectivity index (χ1v) is 11.8. The van der Waals surface area contributed by atoms with E-state index in [-0.39, 0.29) is 11.5 Å². The SMILES string of the molecule is FC(F)Oc1ccc(NC(=S)NCCN(Cc2ccccc2)C(=S)Nc2ccc(OC(F)F)cc2)cc1. The van der Waals surface area contributed by atoms with Crippen molar-refractivity contribution in [3.05, 3.63) is 84.4 Å². The number of thiocarbonyl (C=S) groups is 2. The highest BCUT2D eigenvalue weighted by Gasteiger charge is 2.12. The molecule has 0 aromatic heterocycles. The van der Waals surface area contributed by atoms with Gasteiger partial charge in [0.15, 0.2) is 10.2 Å². The number of halogens is 4. The summed E-state index contributed by atoms with van der Waals surface area (Å²) in [5, 5.41) is 9.96. The van der Waals surface area contributed by atoms with Crippen LogP contribution in [0.2, 0.25) is 0 Å². The molecular weight excluding hydrogens is 528 g/mol. The van der Waals surface area contributed by atoms with E-state index in [1.165, 1.54) is 24.3 Å². The first-order chi connectivity index (χ1) is 17.8. The molecule has 0 unspecified atom stereocenters. The van der Waals surface area contributed by atoms with Crippen molar-refractivity contribution in [3.63, 3.8) is 0 Å². The van der Waals surface area contributed by atoms with Crippen LogP contribution in [0.4, 0.5) is 28.9 Å². The largest absolute Gasteiger partial charge is 0.435 e. The van der Waals surface area contributed by atoms with Gasteiger partial charge < -0.3 is 30.3 Å². The fraction of sp³-hybridized carbons (Fsp3) is 0.200. The lowest BCUT2D eigenvalue weighted by atomic mass is 10.2. The lowest BCUT2D eigenvalue weighted by Gasteiger charge is -2.26. The predicted molar refractivity (Wildman–Crippen MR) is 143 cm³/mol. The quantitative estimate of drug-likeness (QED) is 0.196. The number of benzene rings is 3. The number of alkyl halides is 4. The van der Waals surface area contributed by atoms with Gasteiger partial charge in [-0.2, -0.15) is 17.6 Å². The normalized spacial score (nSPS) is 10.6. The number of nitrogens with zero attached hydrogens (tertiary/aromatic N) is 1. The lowest BCUT2D eigenvalue weighted by molar-refractivity contribution is -0.0505. The molecule has 0 aliphatic carbocycles. The Labute approximate surface area is 222 Å². The zero-order valence-electron chi connectivity index (χ0n) is 19.4. The van der Waals surface area contributed by atoms with Crippen LogP contribution in [0.25, 0.3) is 0 Å². The molecule has 12 heteroatoms. The van der Waals surface area contributed by atoms with Crippen molar-refractivity contribution in [1.29, 1.82) is 0 Å². The average Bonchev–Trinajstić information content (AvgIpc) is 2.86. The molecule has 37 heavy (non-hydrogen) atoms. The lowest BCUT2D eigenvalue weighted by Crippen LogP contribution is -2.41. The molecule has 0 bridgehead atoms. The van der Waals surface area contributed by atoms with Gasteiger partial charge in [-0.05, 0) is 78.5 Å². The Morgan fingerprint density at radius 3 is 1.76 bits per heavy atom. The van der Waals surface area contributed by atoms with Crippen LogP contribution in [-0.4, -0.2) is 41.4 Å². The van der Waals surface area contributed by atoms with Gasteiger partial charge in [-0.25, -0.2) is 0 Å². The van der Waals surface area contributed by atoms with Crippen LogP contribution < -0.4 is 25.4 Å². The number of hydrogen-bond donors (Lipinski definition) is 3. The maximum atomic E-state index is 12.4. The predicted octanol–water partition coefficient (Wildman–Crippen LogP) is 6.08. The van der Waals surface area contributed by atoms with Crippen LogP contribution in [0.1, 0.15) is 5.56 Å². The Morgan fingerprint density at radius 2 is 1.24 bits per heavy atom. The second-order valence-electron chi connectivity index (χ2n) is 7.52. The Hall–Kier alpha value is -3.64. The fourth-order valence-corrected chi connectivity index (χ4v) is 3.67. The molecule has 0 fully saturated rings. The Morgan fingerprint density at radius 1 is 0.730 bits per heavy atom. The topological polar surface area (TPSA) is 57.8 Å². The van der Waals surface area contributed by atoms with Gasteiger partial charge in [0, 0.05) is 31.0 Å². The summed E-state index contributed by atoms with van der Waals surface area (Å²) in [6, 6.07) is 21.8. The van der Waals surface area contributed by atoms with Crippen LogP contribution >= 0.6 is 24.4 Å². The smallest absolute Gasteiger partial charge is 0.387 e.